The van der Waals surface area contributed by atoms with E-state index in [1.807, 2.05) is 35.2 Å². The fourth-order valence-corrected chi connectivity index (χ4v) is 4.57. The molecule has 1 saturated heterocycles. The van der Waals surface area contributed by atoms with Gasteiger partial charge in [0.25, 0.3) is 0 Å². The monoisotopic (exact) mass is 396 g/mol. The highest BCUT2D eigenvalue weighted by Crippen LogP contribution is 2.27. The molecular formula is C22H28N4O3. The van der Waals surface area contributed by atoms with Crippen molar-refractivity contribution in [3.63, 3.8) is 0 Å². The third kappa shape index (κ3) is 4.18. The Labute approximate surface area is 170 Å². The van der Waals surface area contributed by atoms with Crippen molar-refractivity contribution in [3.8, 4) is 5.69 Å². The number of aromatic nitrogens is 3. The first-order valence-electron chi connectivity index (χ1n) is 10.5. The standard InChI is InChI=1S/C22H28N4O3/c1-24-22(29)26(18-7-3-2-4-8-18)20(23-24)14-16-10-12-25(13-11-16)21(28)15-17-6-5-9-19(17)27/h2-4,7-8,16-17H,5-6,9-15H2,1H3/t17-/m0/s1. The smallest absolute Gasteiger partial charge is 0.343 e. The number of benzene rings is 1. The molecule has 1 aromatic heterocycles. The lowest BCUT2D eigenvalue weighted by Crippen LogP contribution is -2.40. The number of nitrogens with zero attached hydrogens (tertiary/aromatic N) is 4. The number of aryl methyl sites for hydroxylation is 1. The van der Waals surface area contributed by atoms with E-state index in [1.165, 1.54) is 4.68 Å². The summed E-state index contributed by atoms with van der Waals surface area (Å²) in [5, 5.41) is 4.46. The second-order valence-electron chi connectivity index (χ2n) is 8.28. The summed E-state index contributed by atoms with van der Waals surface area (Å²) in [5.41, 5.74) is 0.689. The van der Waals surface area contributed by atoms with Crippen LogP contribution in [0.5, 0.6) is 0 Å². The van der Waals surface area contributed by atoms with Crippen molar-refractivity contribution in [2.45, 2.75) is 44.9 Å². The molecule has 1 amide bonds. The van der Waals surface area contributed by atoms with Gasteiger partial charge in [-0.25, -0.2) is 14.0 Å². The number of likely N-dealkylation sites (tertiary alicyclic amines) is 1. The molecule has 2 aliphatic rings. The van der Waals surface area contributed by atoms with Gasteiger partial charge in [-0.15, -0.1) is 0 Å². The number of hydrogen-bond donors (Lipinski definition) is 0. The van der Waals surface area contributed by atoms with Crippen LogP contribution in [0.15, 0.2) is 35.1 Å². The number of piperidine rings is 1. The Morgan fingerprint density at radius 1 is 1.10 bits per heavy atom. The topological polar surface area (TPSA) is 77.2 Å². The second-order valence-corrected chi connectivity index (χ2v) is 8.28. The van der Waals surface area contributed by atoms with E-state index in [-0.39, 0.29) is 23.3 Å². The predicted molar refractivity (Wildman–Crippen MR) is 109 cm³/mol. The fourth-order valence-electron chi connectivity index (χ4n) is 4.57. The molecule has 1 atom stereocenters. The average molecular weight is 396 g/mol. The molecule has 2 fully saturated rings. The van der Waals surface area contributed by atoms with Crippen LogP contribution in [-0.2, 0) is 23.1 Å². The number of carbonyl (C=O) groups is 2. The Morgan fingerprint density at radius 2 is 1.83 bits per heavy atom. The largest absolute Gasteiger partial charge is 0.350 e. The normalized spacial score (nSPS) is 20.4. The second kappa shape index (κ2) is 8.35. The molecule has 7 nitrogen and oxygen atoms in total. The summed E-state index contributed by atoms with van der Waals surface area (Å²) >= 11 is 0. The van der Waals surface area contributed by atoms with Crippen molar-refractivity contribution in [1.29, 1.82) is 0 Å². The zero-order valence-corrected chi connectivity index (χ0v) is 16.9. The van der Waals surface area contributed by atoms with Crippen molar-refractivity contribution in [2.75, 3.05) is 13.1 Å². The van der Waals surface area contributed by atoms with Crippen molar-refractivity contribution in [3.05, 3.63) is 46.6 Å². The molecular weight excluding hydrogens is 368 g/mol. The lowest BCUT2D eigenvalue weighted by Gasteiger charge is -2.32. The van der Waals surface area contributed by atoms with Crippen LogP contribution in [0.3, 0.4) is 0 Å². The molecule has 0 radical (unpaired) electrons. The summed E-state index contributed by atoms with van der Waals surface area (Å²) in [7, 11) is 1.68. The lowest BCUT2D eigenvalue weighted by molar-refractivity contribution is -0.136. The van der Waals surface area contributed by atoms with Gasteiger partial charge in [-0.3, -0.25) is 9.59 Å². The van der Waals surface area contributed by atoms with Crippen molar-refractivity contribution in [2.24, 2.45) is 18.9 Å². The first-order chi connectivity index (χ1) is 14.0. The minimum Gasteiger partial charge on any atom is -0.343 e. The van der Waals surface area contributed by atoms with E-state index in [4.69, 9.17) is 0 Å². The molecule has 7 heteroatoms. The van der Waals surface area contributed by atoms with Crippen LogP contribution in [0.4, 0.5) is 0 Å². The van der Waals surface area contributed by atoms with E-state index in [2.05, 4.69) is 5.10 Å². The van der Waals surface area contributed by atoms with E-state index >= 15 is 0 Å². The number of Topliss-reactive ketones (excluding diaryl/α,β-unsaturated/α-hetero) is 1. The SMILES string of the molecule is Cn1nc(CC2CCN(C(=O)C[C@@H]3CCCC3=O)CC2)n(-c2ccccc2)c1=O. The van der Waals surface area contributed by atoms with Crippen molar-refractivity contribution < 1.29 is 9.59 Å². The van der Waals surface area contributed by atoms with E-state index < -0.39 is 0 Å². The first kappa shape index (κ1) is 19.6. The van der Waals surface area contributed by atoms with Gasteiger partial charge in [0.2, 0.25) is 5.91 Å². The number of carbonyl (C=O) groups excluding carboxylic acids is 2. The third-order valence-electron chi connectivity index (χ3n) is 6.30. The zero-order valence-electron chi connectivity index (χ0n) is 16.9. The molecule has 2 aromatic rings. The first-order valence-corrected chi connectivity index (χ1v) is 10.5. The minimum absolute atomic E-state index is 0.0611. The van der Waals surface area contributed by atoms with E-state index in [0.717, 1.165) is 37.2 Å². The van der Waals surface area contributed by atoms with Gasteiger partial charge >= 0.3 is 5.69 Å². The Balaban J connectivity index is 1.38. The summed E-state index contributed by atoms with van der Waals surface area (Å²) in [6.07, 6.45) is 5.29. The summed E-state index contributed by atoms with van der Waals surface area (Å²) in [4.78, 5) is 38.8. The van der Waals surface area contributed by atoms with E-state index in [1.54, 1.807) is 11.6 Å². The van der Waals surface area contributed by atoms with Crippen molar-refractivity contribution >= 4 is 11.7 Å². The van der Waals surface area contributed by atoms with Gasteiger partial charge in [0.15, 0.2) is 0 Å². The number of amides is 1. The molecule has 1 aliphatic heterocycles. The average Bonchev–Trinajstić information content (AvgIpc) is 3.25. The van der Waals surface area contributed by atoms with Gasteiger partial charge in [-0.2, -0.15) is 5.10 Å². The summed E-state index contributed by atoms with van der Waals surface area (Å²) in [6.45, 7) is 1.43. The quantitative estimate of drug-likeness (QED) is 0.776. The van der Waals surface area contributed by atoms with E-state index in [9.17, 15) is 14.4 Å². The van der Waals surface area contributed by atoms with Crippen LogP contribution < -0.4 is 5.69 Å². The molecule has 154 valence electrons. The van der Waals surface area contributed by atoms with Gasteiger partial charge in [0.05, 0.1) is 5.69 Å². The molecule has 4 rings (SSSR count). The molecule has 2 heterocycles. The highest BCUT2D eigenvalue weighted by molar-refractivity contribution is 5.88. The Bertz CT molecular complexity index is 939. The summed E-state index contributed by atoms with van der Waals surface area (Å²) < 4.78 is 3.07. The number of para-hydroxylation sites is 1. The Hall–Kier alpha value is -2.70. The summed E-state index contributed by atoms with van der Waals surface area (Å²) in [6, 6.07) is 9.59. The summed E-state index contributed by atoms with van der Waals surface area (Å²) in [5.74, 6) is 1.46. The molecule has 1 saturated carbocycles. The molecule has 0 unspecified atom stereocenters. The highest BCUT2D eigenvalue weighted by Gasteiger charge is 2.30. The van der Waals surface area contributed by atoms with Crippen LogP contribution in [0.2, 0.25) is 0 Å². The van der Waals surface area contributed by atoms with Gasteiger partial charge in [-0.05, 0) is 43.7 Å². The molecule has 0 spiro atoms. The highest BCUT2D eigenvalue weighted by atomic mass is 16.2. The van der Waals surface area contributed by atoms with Gasteiger partial charge in [-0.1, -0.05) is 18.2 Å². The number of hydrogen-bond acceptors (Lipinski definition) is 4. The van der Waals surface area contributed by atoms with Gasteiger partial charge in [0.1, 0.15) is 11.6 Å². The molecule has 29 heavy (non-hydrogen) atoms. The van der Waals surface area contributed by atoms with Crippen LogP contribution in [0, 0.1) is 11.8 Å². The van der Waals surface area contributed by atoms with E-state index in [0.29, 0.717) is 38.3 Å². The maximum Gasteiger partial charge on any atom is 0.350 e. The zero-order chi connectivity index (χ0) is 20.4. The lowest BCUT2D eigenvalue weighted by atomic mass is 9.92. The molecule has 0 N–H and O–H groups in total. The maximum atomic E-state index is 12.6. The van der Waals surface area contributed by atoms with Gasteiger partial charge < -0.3 is 4.90 Å². The fraction of sp³-hybridized carbons (Fsp3) is 0.545. The minimum atomic E-state index is -0.139. The van der Waals surface area contributed by atoms with Crippen LogP contribution in [-0.4, -0.2) is 44.0 Å². The maximum absolute atomic E-state index is 12.6. The molecule has 0 bridgehead atoms. The number of rotatable bonds is 5. The number of ketones is 1. The van der Waals surface area contributed by atoms with Crippen LogP contribution in [0.25, 0.3) is 5.69 Å². The Kier molecular flexibility index (Phi) is 5.65. The third-order valence-corrected chi connectivity index (χ3v) is 6.30. The van der Waals surface area contributed by atoms with Crippen LogP contribution in [0.1, 0.15) is 44.3 Å². The van der Waals surface area contributed by atoms with Crippen molar-refractivity contribution in [1.82, 2.24) is 19.2 Å². The molecule has 1 aromatic carbocycles. The van der Waals surface area contributed by atoms with Crippen LogP contribution >= 0.6 is 0 Å². The predicted octanol–water partition coefficient (Wildman–Crippen LogP) is 2.11. The van der Waals surface area contributed by atoms with Gasteiger partial charge in [0, 0.05) is 45.3 Å². The Morgan fingerprint density at radius 3 is 2.48 bits per heavy atom. The molecule has 1 aliphatic carbocycles.